The summed E-state index contributed by atoms with van der Waals surface area (Å²) in [7, 11) is -2.63. The Kier molecular flexibility index (Phi) is 5.15. The van der Waals surface area contributed by atoms with Crippen molar-refractivity contribution in [3.63, 3.8) is 0 Å². The highest BCUT2D eigenvalue weighted by Crippen LogP contribution is 2.36. The third-order valence-electron chi connectivity index (χ3n) is 2.52. The molecule has 0 fully saturated rings. The third-order valence-corrected chi connectivity index (χ3v) is 7.23. The van der Waals surface area contributed by atoms with Gasteiger partial charge in [-0.25, -0.2) is 13.2 Å². The van der Waals surface area contributed by atoms with E-state index in [0.29, 0.717) is 8.26 Å². The van der Waals surface area contributed by atoms with Crippen LogP contribution in [0.15, 0.2) is 36.7 Å². The maximum atomic E-state index is 12.3. The Morgan fingerprint density at radius 3 is 2.50 bits per heavy atom. The van der Waals surface area contributed by atoms with E-state index in [4.69, 9.17) is 0 Å². The predicted octanol–water partition coefficient (Wildman–Crippen LogP) is 3.57. The van der Waals surface area contributed by atoms with Crippen molar-refractivity contribution < 1.29 is 23.1 Å². The number of halogens is 2. The van der Waals surface area contributed by atoms with Crippen LogP contribution in [0.4, 0.5) is 5.69 Å². The second kappa shape index (κ2) is 6.57. The van der Waals surface area contributed by atoms with Crippen molar-refractivity contribution in [1.29, 1.82) is 0 Å². The SMILES string of the molecule is COC(=O)c1ccc(NS(=O)(=O)c2sc(Br)cc2Br)cc1O. The summed E-state index contributed by atoms with van der Waals surface area (Å²) >= 11 is 7.42. The molecular weight excluding hydrogens is 462 g/mol. The summed E-state index contributed by atoms with van der Waals surface area (Å²) in [6.07, 6.45) is 0. The van der Waals surface area contributed by atoms with Crippen molar-refractivity contribution in [3.8, 4) is 5.75 Å². The van der Waals surface area contributed by atoms with E-state index in [-0.39, 0.29) is 21.2 Å². The standard InChI is InChI=1S/C12H9Br2NO5S2/c1-20-11(17)7-3-2-6(4-9(7)16)15-22(18,19)12-8(13)5-10(14)21-12/h2-5,15-16H,1H3. The van der Waals surface area contributed by atoms with Gasteiger partial charge in [0.05, 0.1) is 21.1 Å². The van der Waals surface area contributed by atoms with Crippen LogP contribution in [-0.4, -0.2) is 26.6 Å². The zero-order valence-electron chi connectivity index (χ0n) is 11.0. The van der Waals surface area contributed by atoms with Crippen molar-refractivity contribution in [3.05, 3.63) is 38.1 Å². The van der Waals surface area contributed by atoms with E-state index in [1.54, 1.807) is 6.07 Å². The topological polar surface area (TPSA) is 92.7 Å². The number of sulfonamides is 1. The van der Waals surface area contributed by atoms with Gasteiger partial charge in [0.2, 0.25) is 0 Å². The third kappa shape index (κ3) is 3.62. The van der Waals surface area contributed by atoms with Crippen molar-refractivity contribution in [2.24, 2.45) is 0 Å². The normalized spacial score (nSPS) is 11.2. The average molecular weight is 471 g/mol. The molecule has 0 radical (unpaired) electrons. The summed E-state index contributed by atoms with van der Waals surface area (Å²) in [5.74, 6) is -1.09. The number of phenolic OH excluding ortho intramolecular Hbond substituents is 1. The van der Waals surface area contributed by atoms with Crippen LogP contribution in [0.3, 0.4) is 0 Å². The van der Waals surface area contributed by atoms with Gasteiger partial charge in [0.15, 0.2) is 4.21 Å². The van der Waals surface area contributed by atoms with E-state index < -0.39 is 16.0 Å². The molecule has 0 unspecified atom stereocenters. The summed E-state index contributed by atoms with van der Waals surface area (Å²) in [6, 6.07) is 5.40. The second-order valence-corrected chi connectivity index (χ2v) is 9.18. The van der Waals surface area contributed by atoms with Crippen LogP contribution in [0.5, 0.6) is 5.75 Å². The van der Waals surface area contributed by atoms with E-state index in [9.17, 15) is 18.3 Å². The van der Waals surface area contributed by atoms with E-state index in [0.717, 1.165) is 17.4 Å². The number of methoxy groups -OCH3 is 1. The number of hydrogen-bond donors (Lipinski definition) is 2. The Balaban J connectivity index is 2.33. The largest absolute Gasteiger partial charge is 0.507 e. The summed E-state index contributed by atoms with van der Waals surface area (Å²) in [6.45, 7) is 0. The zero-order chi connectivity index (χ0) is 16.5. The molecule has 22 heavy (non-hydrogen) atoms. The molecule has 0 aliphatic carbocycles. The number of phenols is 1. The molecule has 6 nitrogen and oxygen atoms in total. The van der Waals surface area contributed by atoms with E-state index >= 15 is 0 Å². The fourth-order valence-electron chi connectivity index (χ4n) is 1.59. The van der Waals surface area contributed by atoms with Gasteiger partial charge in [0.1, 0.15) is 11.3 Å². The van der Waals surface area contributed by atoms with Crippen molar-refractivity contribution in [1.82, 2.24) is 0 Å². The van der Waals surface area contributed by atoms with Crippen molar-refractivity contribution in [2.75, 3.05) is 11.8 Å². The lowest BCUT2D eigenvalue weighted by Gasteiger charge is -2.09. The number of esters is 1. The lowest BCUT2D eigenvalue weighted by Crippen LogP contribution is -2.12. The van der Waals surface area contributed by atoms with Gasteiger partial charge in [-0.1, -0.05) is 0 Å². The molecule has 0 amide bonds. The Bertz CT molecular complexity index is 832. The number of benzene rings is 1. The number of carbonyl (C=O) groups excluding carboxylic acids is 1. The van der Waals surface area contributed by atoms with E-state index in [1.165, 1.54) is 19.2 Å². The van der Waals surface area contributed by atoms with Gasteiger partial charge < -0.3 is 9.84 Å². The first kappa shape index (κ1) is 17.3. The highest BCUT2D eigenvalue weighted by atomic mass is 79.9. The first-order chi connectivity index (χ1) is 10.2. The van der Waals surface area contributed by atoms with Crippen molar-refractivity contribution in [2.45, 2.75) is 4.21 Å². The lowest BCUT2D eigenvalue weighted by atomic mass is 10.2. The molecule has 0 atom stereocenters. The molecule has 0 saturated carbocycles. The molecule has 2 aromatic rings. The van der Waals surface area contributed by atoms with Gasteiger partial charge in [-0.2, -0.15) is 0 Å². The molecule has 10 heteroatoms. The highest BCUT2D eigenvalue weighted by molar-refractivity contribution is 9.11. The molecule has 2 N–H and O–H groups in total. The molecule has 1 aromatic carbocycles. The summed E-state index contributed by atoms with van der Waals surface area (Å²) < 4.78 is 32.6. The van der Waals surface area contributed by atoms with Gasteiger partial charge in [-0.15, -0.1) is 11.3 Å². The Morgan fingerprint density at radius 2 is 2.00 bits per heavy atom. The number of anilines is 1. The monoisotopic (exact) mass is 469 g/mol. The number of rotatable bonds is 4. The zero-order valence-corrected chi connectivity index (χ0v) is 15.8. The van der Waals surface area contributed by atoms with E-state index in [1.807, 2.05) is 0 Å². The van der Waals surface area contributed by atoms with Gasteiger partial charge in [0, 0.05) is 6.07 Å². The minimum atomic E-state index is -3.81. The molecule has 118 valence electrons. The van der Waals surface area contributed by atoms with Gasteiger partial charge in [0.25, 0.3) is 10.0 Å². The molecule has 0 aliphatic heterocycles. The average Bonchev–Trinajstić information content (AvgIpc) is 2.77. The number of carbonyl (C=O) groups is 1. The summed E-state index contributed by atoms with van der Waals surface area (Å²) in [5.41, 5.74) is 0.0760. The highest BCUT2D eigenvalue weighted by Gasteiger charge is 2.22. The molecule has 2 rings (SSSR count). The van der Waals surface area contributed by atoms with Gasteiger partial charge in [-0.05, 0) is 50.1 Å². The quantitative estimate of drug-likeness (QED) is 0.666. The molecule has 0 spiro atoms. The molecular formula is C12H9Br2NO5S2. The summed E-state index contributed by atoms with van der Waals surface area (Å²) in [4.78, 5) is 11.4. The van der Waals surface area contributed by atoms with Crippen LogP contribution in [0.1, 0.15) is 10.4 Å². The lowest BCUT2D eigenvalue weighted by molar-refractivity contribution is 0.0597. The fraction of sp³-hybridized carbons (Fsp3) is 0.0833. The summed E-state index contributed by atoms with van der Waals surface area (Å²) in [5, 5.41) is 9.77. The minimum Gasteiger partial charge on any atom is -0.507 e. The number of thiophene rings is 1. The van der Waals surface area contributed by atoms with Crippen LogP contribution in [0.25, 0.3) is 0 Å². The molecule has 0 bridgehead atoms. The van der Waals surface area contributed by atoms with Crippen LogP contribution >= 0.6 is 43.2 Å². The molecule has 1 aromatic heterocycles. The van der Waals surface area contributed by atoms with Crippen LogP contribution in [0, 0.1) is 0 Å². The van der Waals surface area contributed by atoms with Gasteiger partial charge >= 0.3 is 5.97 Å². The second-order valence-electron chi connectivity index (χ2n) is 4.01. The number of aromatic hydroxyl groups is 1. The maximum Gasteiger partial charge on any atom is 0.341 e. The van der Waals surface area contributed by atoms with Crippen LogP contribution in [0.2, 0.25) is 0 Å². The van der Waals surface area contributed by atoms with Crippen LogP contribution < -0.4 is 4.72 Å². The number of nitrogens with one attached hydrogen (secondary N) is 1. The van der Waals surface area contributed by atoms with E-state index in [2.05, 4.69) is 41.3 Å². The Labute approximate surface area is 147 Å². The number of ether oxygens (including phenoxy) is 1. The smallest absolute Gasteiger partial charge is 0.341 e. The van der Waals surface area contributed by atoms with Crippen LogP contribution in [-0.2, 0) is 14.8 Å². The van der Waals surface area contributed by atoms with Gasteiger partial charge in [-0.3, -0.25) is 4.72 Å². The predicted molar refractivity (Wildman–Crippen MR) is 90.0 cm³/mol. The molecule has 0 aliphatic rings. The fourth-order valence-corrected chi connectivity index (χ4v) is 6.38. The Hall–Kier alpha value is -1.10. The van der Waals surface area contributed by atoms with Crippen molar-refractivity contribution >= 4 is 64.9 Å². The first-order valence-corrected chi connectivity index (χ1v) is 9.52. The molecule has 1 heterocycles. The maximum absolute atomic E-state index is 12.3. The molecule has 0 saturated heterocycles. The first-order valence-electron chi connectivity index (χ1n) is 5.63. The number of hydrogen-bond acceptors (Lipinski definition) is 6. The minimum absolute atomic E-state index is 0.0505. The Morgan fingerprint density at radius 1 is 1.32 bits per heavy atom.